The number of nitrogens with zero attached hydrogens (tertiary/aromatic N) is 1. The van der Waals surface area contributed by atoms with Gasteiger partial charge in [-0.15, -0.1) is 0 Å². The number of aromatic nitrogens is 1. The molecule has 0 aliphatic heterocycles. The molecule has 0 saturated heterocycles. The third kappa shape index (κ3) is 3.33. The number of hydrogen-bond donors (Lipinski definition) is 0. The van der Waals surface area contributed by atoms with Crippen LogP contribution in [0.25, 0.3) is 83.2 Å². The number of hydrogen-bond acceptors (Lipinski definition) is 2. The smallest absolute Gasteiger partial charge is 0.159 e. The van der Waals surface area contributed by atoms with Crippen molar-refractivity contribution in [2.45, 2.75) is 32.1 Å². The molecule has 0 spiro atoms. The van der Waals surface area contributed by atoms with Gasteiger partial charge in [0.1, 0.15) is 16.9 Å². The first-order valence-electron chi connectivity index (χ1n) is 16.9. The molecule has 48 heavy (non-hydrogen) atoms. The van der Waals surface area contributed by atoms with E-state index in [2.05, 4.69) is 140 Å². The molecule has 9 aromatic rings. The zero-order chi connectivity index (χ0) is 31.7. The lowest BCUT2D eigenvalue weighted by Gasteiger charge is -2.21. The molecule has 0 saturated carbocycles. The SMILES string of the molecule is CC1(C)c2ccccc2-c2c1ccc1c2c2ccccc2n1-c1cccc2c1oc1ccc(C3=Cc4oc5ccccc5c4CC3)cc12. The van der Waals surface area contributed by atoms with E-state index in [0.717, 1.165) is 51.8 Å². The van der Waals surface area contributed by atoms with Gasteiger partial charge in [-0.1, -0.05) is 98.8 Å². The van der Waals surface area contributed by atoms with Crippen LogP contribution in [0.4, 0.5) is 0 Å². The molecule has 0 N–H and O–H groups in total. The quantitative estimate of drug-likeness (QED) is 0.193. The van der Waals surface area contributed by atoms with Crippen LogP contribution in [-0.4, -0.2) is 4.57 Å². The van der Waals surface area contributed by atoms with E-state index in [1.807, 2.05) is 6.07 Å². The molecular formula is C45H31NO2. The standard InChI is InChI=1S/C45H31NO2/c1-45(2)34-14-6-3-11-31(34)42-35(45)21-22-37-43(42)32-12-4-7-15-36(32)46(37)38-16-9-13-30-33-24-26(19-23-40(33)48-44(30)38)27-18-20-29-28-10-5-8-17-39(28)47-41(29)25-27/h3-17,19,21-25H,18,20H2,1-2H3. The highest BCUT2D eigenvalue weighted by Crippen LogP contribution is 2.53. The van der Waals surface area contributed by atoms with Gasteiger partial charge in [-0.2, -0.15) is 0 Å². The molecule has 2 aliphatic carbocycles. The highest BCUT2D eigenvalue weighted by Gasteiger charge is 2.37. The lowest BCUT2D eigenvalue weighted by molar-refractivity contribution is 0.596. The number of benzene rings is 6. The zero-order valence-corrected chi connectivity index (χ0v) is 26.8. The minimum absolute atomic E-state index is 0.0560. The second-order valence-corrected chi connectivity index (χ2v) is 14.0. The third-order valence-corrected chi connectivity index (χ3v) is 11.1. The van der Waals surface area contributed by atoms with Crippen molar-refractivity contribution in [1.29, 1.82) is 0 Å². The van der Waals surface area contributed by atoms with Crippen molar-refractivity contribution in [1.82, 2.24) is 4.57 Å². The van der Waals surface area contributed by atoms with Gasteiger partial charge in [-0.25, -0.2) is 0 Å². The maximum absolute atomic E-state index is 6.77. The molecule has 3 heteroatoms. The van der Waals surface area contributed by atoms with E-state index < -0.39 is 0 Å². The summed E-state index contributed by atoms with van der Waals surface area (Å²) in [5, 5.41) is 6.07. The summed E-state index contributed by atoms with van der Waals surface area (Å²) in [5.74, 6) is 0.987. The summed E-state index contributed by atoms with van der Waals surface area (Å²) in [7, 11) is 0. The average Bonchev–Trinajstić information content (AvgIpc) is 3.84. The summed E-state index contributed by atoms with van der Waals surface area (Å²) in [5.41, 5.74) is 15.5. The fraction of sp³-hybridized carbons (Fsp3) is 0.111. The van der Waals surface area contributed by atoms with Gasteiger partial charge in [0.05, 0.1) is 16.7 Å². The van der Waals surface area contributed by atoms with Crippen LogP contribution in [-0.2, 0) is 11.8 Å². The summed E-state index contributed by atoms with van der Waals surface area (Å²) in [4.78, 5) is 0. The molecule has 0 amide bonds. The first kappa shape index (κ1) is 26.3. The Balaban J connectivity index is 1.13. The second-order valence-electron chi connectivity index (χ2n) is 14.0. The number of aryl methyl sites for hydroxylation is 1. The lowest BCUT2D eigenvalue weighted by Crippen LogP contribution is -2.14. The summed E-state index contributed by atoms with van der Waals surface area (Å²) in [6, 6.07) is 44.0. The van der Waals surface area contributed by atoms with Gasteiger partial charge >= 0.3 is 0 Å². The van der Waals surface area contributed by atoms with E-state index in [0.29, 0.717) is 0 Å². The van der Waals surface area contributed by atoms with Crippen LogP contribution in [0.1, 0.15) is 48.3 Å². The normalized spacial score (nSPS) is 15.0. The predicted octanol–water partition coefficient (Wildman–Crippen LogP) is 12.2. The monoisotopic (exact) mass is 617 g/mol. The van der Waals surface area contributed by atoms with Crippen LogP contribution in [0.15, 0.2) is 130 Å². The van der Waals surface area contributed by atoms with Crippen LogP contribution in [0, 0.1) is 0 Å². The van der Waals surface area contributed by atoms with E-state index in [1.54, 1.807) is 0 Å². The molecule has 0 radical (unpaired) electrons. The molecule has 0 unspecified atom stereocenters. The molecule has 0 atom stereocenters. The molecule has 6 aromatic carbocycles. The first-order chi connectivity index (χ1) is 23.6. The van der Waals surface area contributed by atoms with Gasteiger partial charge in [-0.3, -0.25) is 0 Å². The number of fused-ring (bicyclic) bond motifs is 13. The Kier molecular flexibility index (Phi) is 5.02. The van der Waals surface area contributed by atoms with Crippen molar-refractivity contribution >= 4 is 66.4 Å². The van der Waals surface area contributed by atoms with Crippen molar-refractivity contribution in [3.63, 3.8) is 0 Å². The highest BCUT2D eigenvalue weighted by molar-refractivity contribution is 6.19. The van der Waals surface area contributed by atoms with E-state index in [-0.39, 0.29) is 5.41 Å². The molecule has 3 aromatic heterocycles. The fourth-order valence-corrected chi connectivity index (χ4v) is 8.88. The van der Waals surface area contributed by atoms with E-state index >= 15 is 0 Å². The van der Waals surface area contributed by atoms with E-state index in [4.69, 9.17) is 8.83 Å². The molecule has 0 bridgehead atoms. The predicted molar refractivity (Wildman–Crippen MR) is 198 cm³/mol. The number of para-hydroxylation sites is 3. The number of furan rings is 2. The lowest BCUT2D eigenvalue weighted by atomic mass is 9.82. The van der Waals surface area contributed by atoms with Gasteiger partial charge in [0.2, 0.25) is 0 Å². The molecule has 2 aliphatic rings. The van der Waals surface area contributed by atoms with Crippen LogP contribution < -0.4 is 0 Å². The largest absolute Gasteiger partial charge is 0.456 e. The summed E-state index contributed by atoms with van der Waals surface area (Å²) >= 11 is 0. The fourth-order valence-electron chi connectivity index (χ4n) is 8.88. The molecule has 0 fully saturated rings. The summed E-state index contributed by atoms with van der Waals surface area (Å²) in [6.45, 7) is 4.70. The van der Waals surface area contributed by atoms with E-state index in [9.17, 15) is 0 Å². The second kappa shape index (κ2) is 9.17. The minimum atomic E-state index is -0.0560. The van der Waals surface area contributed by atoms with Crippen LogP contribution >= 0.6 is 0 Å². The molecule has 228 valence electrons. The molecule has 3 nitrogen and oxygen atoms in total. The van der Waals surface area contributed by atoms with Gasteiger partial charge in [-0.05, 0) is 88.7 Å². The Morgan fingerprint density at radius 3 is 2.33 bits per heavy atom. The Morgan fingerprint density at radius 2 is 1.40 bits per heavy atom. The first-order valence-corrected chi connectivity index (χ1v) is 16.9. The molecule has 3 heterocycles. The maximum atomic E-state index is 6.77. The highest BCUT2D eigenvalue weighted by atomic mass is 16.3. The molecular weight excluding hydrogens is 587 g/mol. The van der Waals surface area contributed by atoms with Crippen molar-refractivity contribution in [3.05, 3.63) is 149 Å². The maximum Gasteiger partial charge on any atom is 0.159 e. The Morgan fingerprint density at radius 1 is 0.604 bits per heavy atom. The Labute approximate surface area is 277 Å². The topological polar surface area (TPSA) is 31.2 Å². The number of rotatable bonds is 2. The van der Waals surface area contributed by atoms with Crippen molar-refractivity contribution in [3.8, 4) is 16.8 Å². The van der Waals surface area contributed by atoms with Gasteiger partial charge in [0, 0.05) is 37.9 Å². The Bertz CT molecular complexity index is 2870. The van der Waals surface area contributed by atoms with Gasteiger partial charge in [0.25, 0.3) is 0 Å². The van der Waals surface area contributed by atoms with Crippen molar-refractivity contribution in [2.24, 2.45) is 0 Å². The average molecular weight is 618 g/mol. The summed E-state index contributed by atoms with van der Waals surface area (Å²) < 4.78 is 15.5. The van der Waals surface area contributed by atoms with Crippen molar-refractivity contribution in [2.75, 3.05) is 0 Å². The van der Waals surface area contributed by atoms with Crippen molar-refractivity contribution < 1.29 is 8.83 Å². The van der Waals surface area contributed by atoms with Gasteiger partial charge < -0.3 is 13.4 Å². The van der Waals surface area contributed by atoms with Gasteiger partial charge in [0.15, 0.2) is 5.58 Å². The Hall–Kier alpha value is -5.80. The van der Waals surface area contributed by atoms with Crippen LogP contribution in [0.5, 0.6) is 0 Å². The summed E-state index contributed by atoms with van der Waals surface area (Å²) in [6.07, 6.45) is 4.20. The zero-order valence-electron chi connectivity index (χ0n) is 26.8. The van der Waals surface area contributed by atoms with Crippen LogP contribution in [0.3, 0.4) is 0 Å². The number of allylic oxidation sites excluding steroid dienone is 1. The molecule has 11 rings (SSSR count). The van der Waals surface area contributed by atoms with E-state index in [1.165, 1.54) is 66.1 Å². The third-order valence-electron chi connectivity index (χ3n) is 11.1. The minimum Gasteiger partial charge on any atom is -0.456 e. The van der Waals surface area contributed by atoms with Crippen LogP contribution in [0.2, 0.25) is 0 Å².